The van der Waals surface area contributed by atoms with Gasteiger partial charge in [-0.05, 0) is 54.8 Å². The first kappa shape index (κ1) is 20.0. The van der Waals surface area contributed by atoms with Crippen molar-refractivity contribution in [1.82, 2.24) is 9.88 Å². The number of carbonyl (C=O) groups is 1. The number of amides is 1. The van der Waals surface area contributed by atoms with Crippen LogP contribution in [0.1, 0.15) is 24.8 Å². The predicted molar refractivity (Wildman–Crippen MR) is 121 cm³/mol. The largest absolute Gasteiger partial charge is 0.368 e. The average Bonchev–Trinajstić information content (AvgIpc) is 3.35. The standard InChI is InChI=1S/C24H23ClN4O2/c1-29-20-10-15(25)3-5-18(20)17-4-2-13(9-19(17)23(29)31)8-14(12-26)24-7-6-16(11-24)28-21(24)22(27)30/h2-5,9-10,14,16,21,28H,6-8,11H2,1H3,(H2,27,30). The van der Waals surface area contributed by atoms with Crippen molar-refractivity contribution in [3.05, 3.63) is 57.3 Å². The third kappa shape index (κ3) is 2.95. The van der Waals surface area contributed by atoms with Gasteiger partial charge in [0.05, 0.1) is 23.5 Å². The highest BCUT2D eigenvalue weighted by Crippen LogP contribution is 2.52. The molecule has 4 unspecified atom stereocenters. The number of hydrogen-bond acceptors (Lipinski definition) is 4. The first-order valence-corrected chi connectivity index (χ1v) is 10.9. The van der Waals surface area contributed by atoms with E-state index in [2.05, 4.69) is 11.4 Å². The lowest BCUT2D eigenvalue weighted by molar-refractivity contribution is -0.123. The molecule has 2 aromatic carbocycles. The molecule has 2 heterocycles. The Bertz CT molecular complexity index is 1340. The van der Waals surface area contributed by atoms with Crippen LogP contribution in [0.25, 0.3) is 21.7 Å². The summed E-state index contributed by atoms with van der Waals surface area (Å²) in [5.74, 6) is -0.745. The third-order valence-corrected chi connectivity index (χ3v) is 7.60. The SMILES string of the molecule is Cn1c(=O)c2cc(CC(C#N)C34CCC(C3)NC4C(N)=O)ccc2c2ccc(Cl)cc21. The molecule has 7 heteroatoms. The van der Waals surface area contributed by atoms with Gasteiger partial charge in [0, 0.05) is 34.3 Å². The van der Waals surface area contributed by atoms with E-state index >= 15 is 0 Å². The van der Waals surface area contributed by atoms with Gasteiger partial charge in [0.25, 0.3) is 5.56 Å². The number of aromatic nitrogens is 1. The number of carbonyl (C=O) groups excluding carboxylic acids is 1. The van der Waals surface area contributed by atoms with E-state index in [0.29, 0.717) is 16.8 Å². The number of nitrogens with one attached hydrogen (secondary N) is 1. The Balaban J connectivity index is 1.58. The van der Waals surface area contributed by atoms with Gasteiger partial charge < -0.3 is 15.6 Å². The van der Waals surface area contributed by atoms with Crippen molar-refractivity contribution in [3.63, 3.8) is 0 Å². The number of primary amides is 1. The van der Waals surface area contributed by atoms with Gasteiger partial charge in [-0.25, -0.2) is 0 Å². The van der Waals surface area contributed by atoms with Gasteiger partial charge in [0.2, 0.25) is 5.91 Å². The number of nitrogens with two attached hydrogens (primary N) is 1. The highest BCUT2D eigenvalue weighted by molar-refractivity contribution is 6.31. The van der Waals surface area contributed by atoms with Gasteiger partial charge in [0.1, 0.15) is 0 Å². The number of piperidine rings is 1. The molecule has 4 atom stereocenters. The fourth-order valence-electron chi connectivity index (χ4n) is 5.84. The normalized spacial score (nSPS) is 25.7. The first-order chi connectivity index (χ1) is 14.8. The monoisotopic (exact) mass is 434 g/mol. The van der Waals surface area contributed by atoms with E-state index in [9.17, 15) is 14.9 Å². The van der Waals surface area contributed by atoms with Crippen molar-refractivity contribution in [1.29, 1.82) is 5.26 Å². The van der Waals surface area contributed by atoms with Crippen LogP contribution in [0, 0.1) is 22.7 Å². The fraction of sp³-hybridized carbons (Fsp3) is 0.375. The van der Waals surface area contributed by atoms with Crippen LogP contribution < -0.4 is 16.6 Å². The van der Waals surface area contributed by atoms with E-state index < -0.39 is 11.5 Å². The molecular weight excluding hydrogens is 412 g/mol. The molecule has 0 radical (unpaired) electrons. The van der Waals surface area contributed by atoms with Gasteiger partial charge in [0.15, 0.2) is 0 Å². The number of halogens is 1. The second-order valence-electron chi connectivity index (χ2n) is 8.97. The number of benzene rings is 2. The molecule has 3 aromatic rings. The maximum atomic E-state index is 13.1. The van der Waals surface area contributed by atoms with Crippen molar-refractivity contribution < 1.29 is 4.79 Å². The smallest absolute Gasteiger partial charge is 0.258 e. The van der Waals surface area contributed by atoms with Gasteiger partial charge in [-0.1, -0.05) is 29.8 Å². The van der Waals surface area contributed by atoms with Crippen LogP contribution in [0.3, 0.4) is 0 Å². The van der Waals surface area contributed by atoms with Crippen LogP contribution in [0.15, 0.2) is 41.2 Å². The number of rotatable bonds is 4. The molecule has 1 amide bonds. The summed E-state index contributed by atoms with van der Waals surface area (Å²) in [6, 6.07) is 13.6. The van der Waals surface area contributed by atoms with Gasteiger partial charge in [-0.15, -0.1) is 0 Å². The maximum absolute atomic E-state index is 13.1. The summed E-state index contributed by atoms with van der Waals surface area (Å²) in [6.45, 7) is 0. The van der Waals surface area contributed by atoms with Crippen molar-refractivity contribution in [2.75, 3.05) is 0 Å². The zero-order valence-electron chi connectivity index (χ0n) is 17.2. The molecule has 31 heavy (non-hydrogen) atoms. The molecule has 3 N–H and O–H groups in total. The minimum absolute atomic E-state index is 0.100. The molecule has 6 nitrogen and oxygen atoms in total. The van der Waals surface area contributed by atoms with Gasteiger partial charge in [-0.2, -0.15) is 5.26 Å². The molecule has 1 aliphatic carbocycles. The molecule has 2 fully saturated rings. The molecule has 2 bridgehead atoms. The molecule has 1 aliphatic heterocycles. The van der Waals surface area contributed by atoms with E-state index in [1.807, 2.05) is 30.3 Å². The van der Waals surface area contributed by atoms with Crippen molar-refractivity contribution in [3.8, 4) is 6.07 Å². The minimum atomic E-state index is -0.474. The minimum Gasteiger partial charge on any atom is -0.368 e. The average molecular weight is 435 g/mol. The highest BCUT2D eigenvalue weighted by Gasteiger charge is 2.58. The number of hydrogen-bond donors (Lipinski definition) is 2. The summed E-state index contributed by atoms with van der Waals surface area (Å²) in [5, 5.41) is 16.4. The second kappa shape index (κ2) is 7.08. The Labute approximate surface area is 184 Å². The molecule has 5 rings (SSSR count). The summed E-state index contributed by atoms with van der Waals surface area (Å²) in [5.41, 5.74) is 6.82. The lowest BCUT2D eigenvalue weighted by Gasteiger charge is -2.37. The number of fused-ring (bicyclic) bond motifs is 5. The molecule has 158 valence electrons. The van der Waals surface area contributed by atoms with Crippen molar-refractivity contribution >= 4 is 39.2 Å². The van der Waals surface area contributed by atoms with E-state index in [1.165, 1.54) is 0 Å². The van der Waals surface area contributed by atoms with E-state index in [4.69, 9.17) is 17.3 Å². The number of nitrogens with zero attached hydrogens (tertiary/aromatic N) is 2. The lowest BCUT2D eigenvalue weighted by atomic mass is 9.68. The molecule has 1 saturated heterocycles. The van der Waals surface area contributed by atoms with Crippen LogP contribution in [0.4, 0.5) is 0 Å². The fourth-order valence-corrected chi connectivity index (χ4v) is 6.00. The van der Waals surface area contributed by atoms with E-state index in [0.717, 1.165) is 41.1 Å². The molecule has 1 aromatic heterocycles. The highest BCUT2D eigenvalue weighted by atomic mass is 35.5. The lowest BCUT2D eigenvalue weighted by Crippen LogP contribution is -2.53. The summed E-state index contributed by atoms with van der Waals surface area (Å²) in [6.07, 6.45) is 3.04. The van der Waals surface area contributed by atoms with Crippen LogP contribution in [0.2, 0.25) is 5.02 Å². The summed E-state index contributed by atoms with van der Waals surface area (Å²) in [7, 11) is 1.74. The Morgan fingerprint density at radius 3 is 2.81 bits per heavy atom. The molecular formula is C24H23ClN4O2. The topological polar surface area (TPSA) is 101 Å². The predicted octanol–water partition coefficient (Wildman–Crippen LogP) is 3.02. The Kier molecular flexibility index (Phi) is 4.58. The molecule has 0 spiro atoms. The maximum Gasteiger partial charge on any atom is 0.258 e. The van der Waals surface area contributed by atoms with Gasteiger partial charge >= 0.3 is 0 Å². The zero-order valence-corrected chi connectivity index (χ0v) is 17.9. The summed E-state index contributed by atoms with van der Waals surface area (Å²) in [4.78, 5) is 25.1. The van der Waals surface area contributed by atoms with Crippen LogP contribution in [0.5, 0.6) is 0 Å². The quantitative estimate of drug-likeness (QED) is 0.616. The zero-order chi connectivity index (χ0) is 21.9. The van der Waals surface area contributed by atoms with Crippen LogP contribution >= 0.6 is 11.6 Å². The summed E-state index contributed by atoms with van der Waals surface area (Å²) < 4.78 is 1.61. The number of aryl methyl sites for hydroxylation is 1. The van der Waals surface area contributed by atoms with Crippen LogP contribution in [-0.4, -0.2) is 22.6 Å². The Hall–Kier alpha value is -2.88. The number of pyridine rings is 1. The third-order valence-electron chi connectivity index (χ3n) is 7.37. The second-order valence-corrected chi connectivity index (χ2v) is 9.40. The van der Waals surface area contributed by atoms with E-state index in [1.54, 1.807) is 17.7 Å². The van der Waals surface area contributed by atoms with Gasteiger partial charge in [-0.3, -0.25) is 9.59 Å². The van der Waals surface area contributed by atoms with E-state index in [-0.39, 0.29) is 23.4 Å². The molecule has 2 aliphatic rings. The molecule has 1 saturated carbocycles. The van der Waals surface area contributed by atoms with Crippen molar-refractivity contribution in [2.45, 2.75) is 37.8 Å². The Morgan fingerprint density at radius 1 is 1.32 bits per heavy atom. The Morgan fingerprint density at radius 2 is 2.10 bits per heavy atom. The van der Waals surface area contributed by atoms with Crippen molar-refractivity contribution in [2.24, 2.45) is 24.1 Å². The summed E-state index contributed by atoms with van der Waals surface area (Å²) >= 11 is 6.14. The van der Waals surface area contributed by atoms with Crippen LogP contribution in [-0.2, 0) is 18.3 Å². The first-order valence-electron chi connectivity index (χ1n) is 10.5. The number of nitriles is 1.